The Kier molecular flexibility index (Phi) is 4.08. The van der Waals surface area contributed by atoms with Crippen molar-refractivity contribution in [3.8, 4) is 0 Å². The van der Waals surface area contributed by atoms with Crippen molar-refractivity contribution in [1.82, 2.24) is 9.80 Å². The highest BCUT2D eigenvalue weighted by molar-refractivity contribution is 9.10. The third-order valence-electron chi connectivity index (χ3n) is 4.39. The highest BCUT2D eigenvalue weighted by Gasteiger charge is 2.35. The highest BCUT2D eigenvalue weighted by Crippen LogP contribution is 2.25. The molecule has 0 radical (unpaired) electrons. The van der Waals surface area contributed by atoms with Crippen molar-refractivity contribution in [2.24, 2.45) is 5.73 Å². The van der Waals surface area contributed by atoms with Gasteiger partial charge in [-0.15, -0.1) is 0 Å². The molecule has 3 saturated heterocycles. The smallest absolute Gasteiger partial charge is 0.143 e. The first-order chi connectivity index (χ1) is 9.56. The minimum absolute atomic E-state index is 0.0875. The van der Waals surface area contributed by atoms with Crippen LogP contribution in [0.4, 0.5) is 8.78 Å². The van der Waals surface area contributed by atoms with Crippen LogP contribution in [0, 0.1) is 11.6 Å². The summed E-state index contributed by atoms with van der Waals surface area (Å²) in [4.78, 5) is 4.72. The molecule has 3 nitrogen and oxygen atoms in total. The van der Waals surface area contributed by atoms with Crippen molar-refractivity contribution in [2.45, 2.75) is 18.5 Å². The fraction of sp³-hybridized carbons (Fsp3) is 0.571. The lowest BCUT2D eigenvalue weighted by atomic mass is 9.94. The first-order valence-electron chi connectivity index (χ1n) is 6.90. The van der Waals surface area contributed by atoms with Crippen molar-refractivity contribution >= 4 is 15.9 Å². The monoisotopic (exact) mass is 345 g/mol. The summed E-state index contributed by atoms with van der Waals surface area (Å²) >= 11 is 3.10. The molecule has 3 fully saturated rings. The Hall–Kier alpha value is -0.560. The van der Waals surface area contributed by atoms with Crippen LogP contribution >= 0.6 is 15.9 Å². The van der Waals surface area contributed by atoms with Crippen molar-refractivity contribution < 1.29 is 8.78 Å². The normalized spacial score (nSPS) is 30.5. The molecule has 20 heavy (non-hydrogen) atoms. The predicted molar refractivity (Wildman–Crippen MR) is 77.5 cm³/mol. The Morgan fingerprint density at radius 1 is 1.25 bits per heavy atom. The fourth-order valence-electron chi connectivity index (χ4n) is 3.19. The lowest BCUT2D eigenvalue weighted by molar-refractivity contribution is 0.00239. The van der Waals surface area contributed by atoms with Crippen molar-refractivity contribution in [1.29, 1.82) is 0 Å². The highest BCUT2D eigenvalue weighted by atomic mass is 79.9. The van der Waals surface area contributed by atoms with Gasteiger partial charge in [0.1, 0.15) is 11.6 Å². The standard InChI is InChI=1S/C14H18BrF2N3/c15-10-1-2-11(16)9(14(10)17)7-12(18)13-8-19-3-5-20(13)6-4-19/h1-2,12-13H,3-8,18H2. The Balaban J connectivity index is 1.76. The average molecular weight is 346 g/mol. The van der Waals surface area contributed by atoms with Crippen LogP contribution in [0.1, 0.15) is 5.56 Å². The van der Waals surface area contributed by atoms with Gasteiger partial charge in [-0.25, -0.2) is 8.78 Å². The molecule has 3 heterocycles. The molecule has 2 atom stereocenters. The van der Waals surface area contributed by atoms with Gasteiger partial charge in [-0.05, 0) is 34.5 Å². The van der Waals surface area contributed by atoms with Crippen molar-refractivity contribution in [3.05, 3.63) is 33.8 Å². The second-order valence-corrected chi connectivity index (χ2v) is 6.45. The zero-order valence-electron chi connectivity index (χ0n) is 11.2. The number of hydrogen-bond donors (Lipinski definition) is 1. The fourth-order valence-corrected chi connectivity index (χ4v) is 3.56. The van der Waals surface area contributed by atoms with Gasteiger partial charge in [0.25, 0.3) is 0 Å². The van der Waals surface area contributed by atoms with E-state index in [1.807, 2.05) is 0 Å². The second kappa shape index (κ2) is 5.67. The van der Waals surface area contributed by atoms with Crippen LogP contribution < -0.4 is 5.73 Å². The van der Waals surface area contributed by atoms with Gasteiger partial charge >= 0.3 is 0 Å². The van der Waals surface area contributed by atoms with Crippen LogP contribution in [0.15, 0.2) is 16.6 Å². The minimum Gasteiger partial charge on any atom is -0.326 e. The molecule has 0 aliphatic carbocycles. The van der Waals surface area contributed by atoms with E-state index in [1.54, 1.807) is 0 Å². The predicted octanol–water partition coefficient (Wildman–Crippen LogP) is 1.60. The van der Waals surface area contributed by atoms with E-state index in [2.05, 4.69) is 25.7 Å². The molecule has 1 aromatic carbocycles. The van der Waals surface area contributed by atoms with Crippen molar-refractivity contribution in [3.63, 3.8) is 0 Å². The van der Waals surface area contributed by atoms with Gasteiger partial charge in [-0.1, -0.05) is 0 Å². The van der Waals surface area contributed by atoms with E-state index in [9.17, 15) is 8.78 Å². The lowest BCUT2D eigenvalue weighted by Gasteiger charge is -2.49. The summed E-state index contributed by atoms with van der Waals surface area (Å²) in [7, 11) is 0. The molecule has 0 amide bonds. The molecule has 0 spiro atoms. The number of benzene rings is 1. The molecule has 1 aromatic rings. The second-order valence-electron chi connectivity index (χ2n) is 5.59. The van der Waals surface area contributed by atoms with E-state index >= 15 is 0 Å². The van der Waals surface area contributed by atoms with E-state index < -0.39 is 11.6 Å². The van der Waals surface area contributed by atoms with E-state index in [0.29, 0.717) is 0 Å². The number of hydrogen-bond acceptors (Lipinski definition) is 3. The van der Waals surface area contributed by atoms with E-state index in [4.69, 9.17) is 5.73 Å². The summed E-state index contributed by atoms with van der Waals surface area (Å²) in [5.41, 5.74) is 6.33. The Bertz CT molecular complexity index is 503. The van der Waals surface area contributed by atoms with Crippen LogP contribution in [-0.4, -0.2) is 54.6 Å². The summed E-state index contributed by atoms with van der Waals surface area (Å²) in [6.45, 7) is 5.05. The summed E-state index contributed by atoms with van der Waals surface area (Å²) in [6, 6.07) is 2.61. The van der Waals surface area contributed by atoms with Gasteiger partial charge in [-0.2, -0.15) is 0 Å². The number of nitrogens with two attached hydrogens (primary N) is 1. The van der Waals surface area contributed by atoms with Gasteiger partial charge in [0.05, 0.1) is 4.47 Å². The molecular weight excluding hydrogens is 328 g/mol. The van der Waals surface area contributed by atoms with Crippen molar-refractivity contribution in [2.75, 3.05) is 32.7 Å². The molecule has 4 rings (SSSR count). The molecule has 6 heteroatoms. The summed E-state index contributed by atoms with van der Waals surface area (Å²) < 4.78 is 28.1. The zero-order valence-corrected chi connectivity index (χ0v) is 12.7. The Morgan fingerprint density at radius 2 is 1.95 bits per heavy atom. The number of piperazine rings is 3. The maximum atomic E-state index is 14.0. The zero-order chi connectivity index (χ0) is 14.3. The third kappa shape index (κ3) is 2.62. The topological polar surface area (TPSA) is 32.5 Å². The number of nitrogens with zero attached hydrogens (tertiary/aromatic N) is 2. The average Bonchev–Trinajstić information content (AvgIpc) is 2.48. The minimum atomic E-state index is -0.531. The molecular formula is C14H18BrF2N3. The third-order valence-corrected chi connectivity index (χ3v) is 5.01. The van der Waals surface area contributed by atoms with Gasteiger partial charge in [0, 0.05) is 50.4 Å². The molecule has 2 bridgehead atoms. The number of halogens is 3. The van der Waals surface area contributed by atoms with E-state index in [0.717, 1.165) is 32.7 Å². The maximum absolute atomic E-state index is 14.0. The number of fused-ring (bicyclic) bond motifs is 3. The molecule has 3 aliphatic heterocycles. The number of rotatable bonds is 3. The Morgan fingerprint density at radius 3 is 2.55 bits per heavy atom. The molecule has 0 aromatic heterocycles. The molecule has 0 saturated carbocycles. The van der Waals surface area contributed by atoms with Crippen LogP contribution in [0.25, 0.3) is 0 Å². The molecule has 3 aliphatic rings. The molecule has 110 valence electrons. The van der Waals surface area contributed by atoms with Gasteiger partial charge in [0.2, 0.25) is 0 Å². The summed E-state index contributed by atoms with van der Waals surface area (Å²) in [5, 5.41) is 0. The van der Waals surface area contributed by atoms with Crippen LogP contribution in [0.2, 0.25) is 0 Å². The van der Waals surface area contributed by atoms with Crippen LogP contribution in [0.5, 0.6) is 0 Å². The SMILES string of the molecule is NC(Cc1c(F)ccc(Br)c1F)C1CN2CCN1CC2. The summed E-state index contributed by atoms with van der Waals surface area (Å²) in [6.07, 6.45) is 0.228. The first-order valence-corrected chi connectivity index (χ1v) is 7.70. The first kappa shape index (κ1) is 14.4. The van der Waals surface area contributed by atoms with Gasteiger partial charge in [0.15, 0.2) is 0 Å². The molecule has 2 unspecified atom stereocenters. The largest absolute Gasteiger partial charge is 0.326 e. The van der Waals surface area contributed by atoms with Gasteiger partial charge in [-0.3, -0.25) is 9.80 Å². The summed E-state index contributed by atoms with van der Waals surface area (Å²) in [5.74, 6) is -1.05. The maximum Gasteiger partial charge on any atom is 0.143 e. The van der Waals surface area contributed by atoms with E-state index in [-0.39, 0.29) is 28.5 Å². The quantitative estimate of drug-likeness (QED) is 0.844. The lowest BCUT2D eigenvalue weighted by Crippen LogP contribution is -2.66. The van der Waals surface area contributed by atoms with Crippen LogP contribution in [-0.2, 0) is 6.42 Å². The van der Waals surface area contributed by atoms with E-state index in [1.165, 1.54) is 12.1 Å². The van der Waals surface area contributed by atoms with Crippen LogP contribution in [0.3, 0.4) is 0 Å². The Labute approximate surface area is 125 Å². The van der Waals surface area contributed by atoms with Gasteiger partial charge < -0.3 is 5.73 Å². The molecule has 2 N–H and O–H groups in total.